The molecule has 0 atom stereocenters. The highest BCUT2D eigenvalue weighted by Crippen LogP contribution is 2.29. The lowest BCUT2D eigenvalue weighted by atomic mass is 9.87. The zero-order valence-electron chi connectivity index (χ0n) is 9.70. The molecule has 2 aromatic carbocycles. The van der Waals surface area contributed by atoms with Crippen molar-refractivity contribution in [3.05, 3.63) is 54.5 Å². The van der Waals surface area contributed by atoms with Gasteiger partial charge in [0, 0.05) is 6.42 Å². The fourth-order valence-electron chi connectivity index (χ4n) is 1.73. The van der Waals surface area contributed by atoms with Crippen LogP contribution in [-0.2, 0) is 0 Å². The lowest BCUT2D eigenvalue weighted by Crippen LogP contribution is -2.07. The maximum absolute atomic E-state index is 5.97. The Morgan fingerprint density at radius 3 is 2.06 bits per heavy atom. The largest absolute Gasteiger partial charge is 0.114 e. The summed E-state index contributed by atoms with van der Waals surface area (Å²) in [4.78, 5) is 0. The maximum Gasteiger partial charge on any atom is 0.114 e. The number of rotatable bonds is 1. The van der Waals surface area contributed by atoms with Crippen LogP contribution in [0, 0.1) is 6.42 Å². The van der Waals surface area contributed by atoms with Gasteiger partial charge >= 0.3 is 0 Å². The molecule has 0 saturated heterocycles. The van der Waals surface area contributed by atoms with Gasteiger partial charge in [-0.25, -0.2) is 0 Å². The summed E-state index contributed by atoms with van der Waals surface area (Å²) >= 11 is 0. The Morgan fingerprint density at radius 2 is 1.50 bits per heavy atom. The van der Waals surface area contributed by atoms with E-state index in [4.69, 9.17) is 7.85 Å². The van der Waals surface area contributed by atoms with Crippen LogP contribution in [0.1, 0.15) is 19.4 Å². The molecule has 0 bridgehead atoms. The Bertz CT molecular complexity index is 538. The third kappa shape index (κ3) is 2.04. The molecule has 1 aliphatic rings. The van der Waals surface area contributed by atoms with Gasteiger partial charge in [-0.3, -0.25) is 0 Å². The smallest absolute Gasteiger partial charge is 0.0887 e. The fourth-order valence-corrected chi connectivity index (χ4v) is 1.73. The second kappa shape index (κ2) is 4.57. The molecule has 0 heterocycles. The minimum Gasteiger partial charge on any atom is -0.0887 e. The van der Waals surface area contributed by atoms with Crippen LogP contribution in [0.2, 0.25) is 0 Å². The van der Waals surface area contributed by atoms with E-state index >= 15 is 0 Å². The van der Waals surface area contributed by atoms with Gasteiger partial charge in [-0.15, -0.1) is 0 Å². The Kier molecular flexibility index (Phi) is 3.14. The quantitative estimate of drug-likeness (QED) is 0.627. The van der Waals surface area contributed by atoms with Crippen molar-refractivity contribution in [3.8, 4) is 0 Å². The molecule has 0 saturated carbocycles. The average molecular weight is 205 g/mol. The van der Waals surface area contributed by atoms with Crippen molar-refractivity contribution in [3.63, 3.8) is 0 Å². The van der Waals surface area contributed by atoms with Crippen molar-refractivity contribution in [2.45, 2.75) is 13.8 Å². The Labute approximate surface area is 98.4 Å². The summed E-state index contributed by atoms with van der Waals surface area (Å²) in [6.07, 6.45) is 4.17. The monoisotopic (exact) mass is 205 g/mol. The zero-order chi connectivity index (χ0) is 11.5. The molecule has 1 heteroatoms. The van der Waals surface area contributed by atoms with Gasteiger partial charge in [-0.2, -0.15) is 0 Å². The molecule has 2 aromatic rings. The van der Waals surface area contributed by atoms with E-state index in [2.05, 4.69) is 30.7 Å². The van der Waals surface area contributed by atoms with Gasteiger partial charge in [-0.1, -0.05) is 55.7 Å². The Morgan fingerprint density at radius 1 is 0.938 bits per heavy atom. The van der Waals surface area contributed by atoms with Gasteiger partial charge in [0.05, 0.1) is 0 Å². The van der Waals surface area contributed by atoms with Crippen molar-refractivity contribution in [1.29, 1.82) is 0 Å². The number of hydrogen-bond acceptors (Lipinski definition) is 0. The Balaban J connectivity index is 0.000000457. The molecule has 0 amide bonds. The molecule has 77 valence electrons. The van der Waals surface area contributed by atoms with Crippen molar-refractivity contribution >= 4 is 29.7 Å². The normalized spacial score (nSPS) is 12.8. The molecule has 0 aliphatic heterocycles. The van der Waals surface area contributed by atoms with Crippen molar-refractivity contribution in [2.24, 2.45) is 0 Å². The molecule has 0 nitrogen and oxygen atoms in total. The van der Waals surface area contributed by atoms with E-state index in [0.717, 1.165) is 11.0 Å². The fraction of sp³-hybridized carbons (Fsp3) is 0.133. The lowest BCUT2D eigenvalue weighted by Gasteiger charge is -2.05. The van der Waals surface area contributed by atoms with Crippen molar-refractivity contribution in [2.75, 3.05) is 0 Å². The lowest BCUT2D eigenvalue weighted by molar-refractivity contribution is 1.50. The molecule has 0 spiro atoms. The van der Waals surface area contributed by atoms with Crippen molar-refractivity contribution in [1.82, 2.24) is 0 Å². The number of hydrogen-bond donors (Lipinski definition) is 0. The first kappa shape index (κ1) is 11.0. The van der Waals surface area contributed by atoms with Crippen LogP contribution in [-0.4, -0.2) is 7.85 Å². The molecule has 16 heavy (non-hydrogen) atoms. The number of benzene rings is 2. The highest BCUT2D eigenvalue weighted by molar-refractivity contribution is 6.36. The molecule has 1 aliphatic carbocycles. The molecule has 3 rings (SSSR count). The minimum atomic E-state index is 0.865. The van der Waals surface area contributed by atoms with E-state index in [-0.39, 0.29) is 0 Å². The van der Waals surface area contributed by atoms with Crippen molar-refractivity contribution < 1.29 is 0 Å². The van der Waals surface area contributed by atoms with Crippen LogP contribution >= 0.6 is 0 Å². The summed E-state index contributed by atoms with van der Waals surface area (Å²) in [5.41, 5.74) is 3.28. The van der Waals surface area contributed by atoms with Crippen LogP contribution in [0.4, 0.5) is 0 Å². The SMILES string of the molecule is CC.[B]c1cc2ccccc2cc1C1=C[CH]1. The third-order valence-corrected chi connectivity index (χ3v) is 2.56. The Hall–Kier alpha value is -1.50. The van der Waals surface area contributed by atoms with Gasteiger partial charge in [-0.05, 0) is 28.0 Å². The summed E-state index contributed by atoms with van der Waals surface area (Å²) < 4.78 is 0. The van der Waals surface area contributed by atoms with E-state index in [1.165, 1.54) is 16.3 Å². The molecule has 3 radical (unpaired) electrons. The predicted octanol–water partition coefficient (Wildman–Crippen LogP) is 3.26. The van der Waals surface area contributed by atoms with Crippen LogP contribution in [0.15, 0.2) is 42.5 Å². The summed E-state index contributed by atoms with van der Waals surface area (Å²) in [5.74, 6) is 0. The van der Waals surface area contributed by atoms with Gasteiger partial charge in [0.1, 0.15) is 7.85 Å². The highest BCUT2D eigenvalue weighted by atomic mass is 14.2. The number of allylic oxidation sites excluding steroid dienone is 2. The molecular formula is C15H14B. The molecule has 0 unspecified atom stereocenters. The van der Waals surface area contributed by atoms with Gasteiger partial charge in [0.2, 0.25) is 0 Å². The highest BCUT2D eigenvalue weighted by Gasteiger charge is 2.12. The second-order valence-electron chi connectivity index (χ2n) is 3.58. The van der Waals surface area contributed by atoms with Gasteiger partial charge in [0.15, 0.2) is 0 Å². The summed E-state index contributed by atoms with van der Waals surface area (Å²) in [6.45, 7) is 4.00. The first-order valence-corrected chi connectivity index (χ1v) is 5.68. The van der Waals surface area contributed by atoms with Crippen LogP contribution in [0.3, 0.4) is 0 Å². The van der Waals surface area contributed by atoms with E-state index in [0.29, 0.717) is 0 Å². The van der Waals surface area contributed by atoms with Gasteiger partial charge < -0.3 is 0 Å². The van der Waals surface area contributed by atoms with E-state index in [1.807, 2.05) is 32.0 Å². The average Bonchev–Trinajstić information content (AvgIpc) is 3.15. The third-order valence-electron chi connectivity index (χ3n) is 2.56. The standard InChI is InChI=1S/C13H8B.C2H6/c14-13-8-11-4-2-1-3-10(11)7-12(13)9-5-6-9;1-2/h1-8H;1-2H3. The zero-order valence-corrected chi connectivity index (χ0v) is 9.70. The topological polar surface area (TPSA) is 0 Å². The molecule has 0 aromatic heterocycles. The van der Waals surface area contributed by atoms with Crippen LogP contribution in [0.25, 0.3) is 16.3 Å². The van der Waals surface area contributed by atoms with E-state index in [1.54, 1.807) is 0 Å². The van der Waals surface area contributed by atoms with E-state index in [9.17, 15) is 0 Å². The summed E-state index contributed by atoms with van der Waals surface area (Å²) in [7, 11) is 5.97. The minimum absolute atomic E-state index is 0.865. The molecular weight excluding hydrogens is 191 g/mol. The molecule has 0 fully saturated rings. The van der Waals surface area contributed by atoms with Crippen LogP contribution in [0.5, 0.6) is 0 Å². The predicted molar refractivity (Wildman–Crippen MR) is 73.0 cm³/mol. The summed E-state index contributed by atoms with van der Waals surface area (Å²) in [5, 5.41) is 2.45. The number of fused-ring (bicyclic) bond motifs is 1. The second-order valence-corrected chi connectivity index (χ2v) is 3.58. The van der Waals surface area contributed by atoms with Gasteiger partial charge in [0.25, 0.3) is 0 Å². The summed E-state index contributed by atoms with van der Waals surface area (Å²) in [6, 6.07) is 12.5. The molecule has 0 N–H and O–H groups in total. The van der Waals surface area contributed by atoms with Crippen LogP contribution < -0.4 is 5.46 Å². The first-order chi connectivity index (χ1) is 7.84. The maximum atomic E-state index is 5.97. The van der Waals surface area contributed by atoms with E-state index < -0.39 is 0 Å². The first-order valence-electron chi connectivity index (χ1n) is 5.68.